The summed E-state index contributed by atoms with van der Waals surface area (Å²) in [5, 5.41) is 12.0. The lowest BCUT2D eigenvalue weighted by atomic mass is 10.4. The summed E-state index contributed by atoms with van der Waals surface area (Å²) in [6.45, 7) is 15.0. The molecule has 0 unspecified atom stereocenters. The molecule has 0 fully saturated rings. The van der Waals surface area contributed by atoms with E-state index < -0.39 is 0 Å². The second kappa shape index (κ2) is 15.8. The minimum Gasteiger partial charge on any atom is -0.255 e. The molecule has 0 aromatic heterocycles. The fourth-order valence-corrected chi connectivity index (χ4v) is 0. The van der Waals surface area contributed by atoms with Crippen molar-refractivity contribution in [2.75, 3.05) is 0 Å². The first kappa shape index (κ1) is 16.2. The van der Waals surface area contributed by atoms with Gasteiger partial charge >= 0.3 is 0 Å². The Morgan fingerprint density at radius 3 is 0.800 bits per heavy atom. The van der Waals surface area contributed by atoms with E-state index in [-0.39, 0.29) is 0 Å². The van der Waals surface area contributed by atoms with Crippen LogP contribution in [0.15, 0.2) is 24.3 Å². The molecule has 0 aromatic carbocycles. The van der Waals surface area contributed by atoms with Gasteiger partial charge in [-0.05, 0) is 27.7 Å². The summed E-state index contributed by atoms with van der Waals surface area (Å²) < 4.78 is 0. The highest BCUT2D eigenvalue weighted by atomic mass is 17.0. The SMILES string of the molecule is C=C(C)C.C=C(C)C.OO. The number of rotatable bonds is 0. The Kier molecular flexibility index (Phi) is 25.5. The highest BCUT2D eigenvalue weighted by Gasteiger charge is 1.52. The molecule has 62 valence electrons. The van der Waals surface area contributed by atoms with Crippen LogP contribution < -0.4 is 0 Å². The summed E-state index contributed by atoms with van der Waals surface area (Å²) in [7, 11) is 0. The molecule has 0 amide bonds. The monoisotopic (exact) mass is 146 g/mol. The van der Waals surface area contributed by atoms with E-state index in [9.17, 15) is 0 Å². The van der Waals surface area contributed by atoms with Gasteiger partial charge in [0.15, 0.2) is 0 Å². The van der Waals surface area contributed by atoms with Crippen LogP contribution in [0, 0.1) is 0 Å². The standard InChI is InChI=1S/2C4H8.H2O2/c2*1-4(2)3;1-2/h2*1H2,2-3H3;1-2H. The molecule has 0 spiro atoms. The van der Waals surface area contributed by atoms with Gasteiger partial charge in [0.25, 0.3) is 0 Å². The molecule has 0 aliphatic carbocycles. The van der Waals surface area contributed by atoms with E-state index in [1.165, 1.54) is 11.1 Å². The minimum atomic E-state index is 1.17. The zero-order valence-electron chi connectivity index (χ0n) is 7.31. The Morgan fingerprint density at radius 1 is 0.800 bits per heavy atom. The van der Waals surface area contributed by atoms with Gasteiger partial charge in [0.2, 0.25) is 0 Å². The van der Waals surface area contributed by atoms with Gasteiger partial charge in [-0.3, -0.25) is 10.5 Å². The summed E-state index contributed by atoms with van der Waals surface area (Å²) in [4.78, 5) is 0. The maximum atomic E-state index is 6.00. The molecule has 0 heterocycles. The summed E-state index contributed by atoms with van der Waals surface area (Å²) in [6, 6.07) is 0. The predicted molar refractivity (Wildman–Crippen MR) is 46.2 cm³/mol. The van der Waals surface area contributed by atoms with E-state index in [0.717, 1.165) is 0 Å². The van der Waals surface area contributed by atoms with E-state index in [4.69, 9.17) is 10.5 Å². The Bertz CT molecular complexity index is 65.3. The molecule has 2 heteroatoms. The Labute approximate surface area is 63.4 Å². The van der Waals surface area contributed by atoms with Crippen LogP contribution in [0.3, 0.4) is 0 Å². The van der Waals surface area contributed by atoms with E-state index >= 15 is 0 Å². The Hall–Kier alpha value is -0.600. The van der Waals surface area contributed by atoms with Crippen LogP contribution in [-0.4, -0.2) is 10.5 Å². The van der Waals surface area contributed by atoms with Gasteiger partial charge < -0.3 is 0 Å². The van der Waals surface area contributed by atoms with Crippen LogP contribution in [-0.2, 0) is 0 Å². The van der Waals surface area contributed by atoms with E-state index in [1.807, 2.05) is 27.7 Å². The van der Waals surface area contributed by atoms with Crippen molar-refractivity contribution in [1.82, 2.24) is 0 Å². The van der Waals surface area contributed by atoms with Gasteiger partial charge in [-0.1, -0.05) is 11.1 Å². The third-order valence-electron chi connectivity index (χ3n) is 0. The number of allylic oxidation sites excluding steroid dienone is 2. The summed E-state index contributed by atoms with van der Waals surface area (Å²) >= 11 is 0. The Balaban J connectivity index is -0.0000000787. The van der Waals surface area contributed by atoms with Crippen LogP contribution in [0.1, 0.15) is 27.7 Å². The van der Waals surface area contributed by atoms with Crippen molar-refractivity contribution >= 4 is 0 Å². The highest BCUT2D eigenvalue weighted by molar-refractivity contribution is 4.79. The van der Waals surface area contributed by atoms with Crippen molar-refractivity contribution in [2.24, 2.45) is 0 Å². The summed E-state index contributed by atoms with van der Waals surface area (Å²) in [6.07, 6.45) is 0. The average Bonchev–Trinajstić information content (AvgIpc) is 1.66. The predicted octanol–water partition coefficient (Wildman–Crippen LogP) is 3.18. The fraction of sp³-hybridized carbons (Fsp3) is 0.500. The molecule has 10 heavy (non-hydrogen) atoms. The second-order valence-electron chi connectivity index (χ2n) is 2.41. The van der Waals surface area contributed by atoms with Crippen LogP contribution >= 0.6 is 0 Å². The first-order chi connectivity index (χ1) is 4.46. The van der Waals surface area contributed by atoms with Crippen molar-refractivity contribution in [1.29, 1.82) is 0 Å². The highest BCUT2D eigenvalue weighted by Crippen LogP contribution is 1.74. The quantitative estimate of drug-likeness (QED) is 0.313. The molecule has 0 radical (unpaired) electrons. The van der Waals surface area contributed by atoms with Gasteiger partial charge in [-0.15, -0.1) is 13.2 Å². The van der Waals surface area contributed by atoms with E-state index in [0.29, 0.717) is 0 Å². The molecule has 2 nitrogen and oxygen atoms in total. The lowest BCUT2D eigenvalue weighted by Gasteiger charge is -1.65. The summed E-state index contributed by atoms with van der Waals surface area (Å²) in [5.74, 6) is 0. The topological polar surface area (TPSA) is 40.5 Å². The largest absolute Gasteiger partial charge is 0.255 e. The van der Waals surface area contributed by atoms with Gasteiger partial charge in [0, 0.05) is 0 Å². The normalized spacial score (nSPS) is 5.80. The molecule has 0 saturated heterocycles. The van der Waals surface area contributed by atoms with Gasteiger partial charge in [0.05, 0.1) is 0 Å². The van der Waals surface area contributed by atoms with Gasteiger partial charge in [-0.2, -0.15) is 0 Å². The minimum absolute atomic E-state index is 1.17. The van der Waals surface area contributed by atoms with Gasteiger partial charge in [-0.25, -0.2) is 0 Å². The lowest BCUT2D eigenvalue weighted by molar-refractivity contribution is -0.176. The maximum Gasteiger partial charge on any atom is -0.0445 e. The lowest BCUT2D eigenvalue weighted by Crippen LogP contribution is -1.43. The smallest absolute Gasteiger partial charge is 0.0445 e. The molecular formula is C8H18O2. The molecule has 0 atom stereocenters. The van der Waals surface area contributed by atoms with Crippen molar-refractivity contribution in [3.05, 3.63) is 24.3 Å². The van der Waals surface area contributed by atoms with Crippen LogP contribution in [0.5, 0.6) is 0 Å². The third-order valence-corrected chi connectivity index (χ3v) is 0. The average molecular weight is 146 g/mol. The molecule has 2 N–H and O–H groups in total. The van der Waals surface area contributed by atoms with Crippen molar-refractivity contribution in [3.8, 4) is 0 Å². The first-order valence-electron chi connectivity index (χ1n) is 2.91. The van der Waals surface area contributed by atoms with Crippen molar-refractivity contribution < 1.29 is 10.5 Å². The molecule has 0 aliphatic heterocycles. The van der Waals surface area contributed by atoms with E-state index in [2.05, 4.69) is 13.2 Å². The van der Waals surface area contributed by atoms with Crippen LogP contribution in [0.2, 0.25) is 0 Å². The summed E-state index contributed by atoms with van der Waals surface area (Å²) in [5.41, 5.74) is 2.33. The fourth-order valence-electron chi connectivity index (χ4n) is 0. The van der Waals surface area contributed by atoms with Crippen LogP contribution in [0.4, 0.5) is 0 Å². The van der Waals surface area contributed by atoms with Crippen molar-refractivity contribution in [3.63, 3.8) is 0 Å². The molecule has 0 rings (SSSR count). The molecule has 0 saturated carbocycles. The van der Waals surface area contributed by atoms with Crippen molar-refractivity contribution in [2.45, 2.75) is 27.7 Å². The molecule has 0 bridgehead atoms. The molecular weight excluding hydrogens is 128 g/mol. The molecule has 0 aromatic rings. The second-order valence-corrected chi connectivity index (χ2v) is 2.41. The molecule has 0 aliphatic rings. The zero-order chi connectivity index (χ0) is 9.15. The zero-order valence-corrected chi connectivity index (χ0v) is 7.31. The maximum absolute atomic E-state index is 6.00. The van der Waals surface area contributed by atoms with Crippen LogP contribution in [0.25, 0.3) is 0 Å². The first-order valence-corrected chi connectivity index (χ1v) is 2.91. The number of hydrogen-bond donors (Lipinski definition) is 2. The van der Waals surface area contributed by atoms with Gasteiger partial charge in [0.1, 0.15) is 0 Å². The number of hydrogen-bond acceptors (Lipinski definition) is 2. The Morgan fingerprint density at radius 2 is 0.800 bits per heavy atom. The third kappa shape index (κ3) is 842. The van der Waals surface area contributed by atoms with E-state index in [1.54, 1.807) is 0 Å².